The van der Waals surface area contributed by atoms with Crippen LogP contribution in [0, 0.1) is 0 Å². The summed E-state index contributed by atoms with van der Waals surface area (Å²) in [5, 5.41) is 2.97. The number of hydrogen-bond acceptors (Lipinski definition) is 5. The van der Waals surface area contributed by atoms with E-state index >= 15 is 0 Å². The van der Waals surface area contributed by atoms with Crippen molar-refractivity contribution in [2.75, 3.05) is 45.2 Å². The van der Waals surface area contributed by atoms with Crippen molar-refractivity contribution in [3.8, 4) is 0 Å². The molecule has 134 valence electrons. The van der Waals surface area contributed by atoms with Crippen molar-refractivity contribution in [2.45, 2.75) is 13.1 Å². The Hall–Kier alpha value is -2.54. The zero-order valence-electron chi connectivity index (χ0n) is 14.8. The maximum absolute atomic E-state index is 12.3. The van der Waals surface area contributed by atoms with Crippen molar-refractivity contribution in [1.82, 2.24) is 20.1 Å². The summed E-state index contributed by atoms with van der Waals surface area (Å²) in [6.07, 6.45) is 3.42. The van der Waals surface area contributed by atoms with Crippen LogP contribution in [0.5, 0.6) is 0 Å². The predicted molar refractivity (Wildman–Crippen MR) is 96.4 cm³/mol. The third-order valence-electron chi connectivity index (χ3n) is 4.42. The summed E-state index contributed by atoms with van der Waals surface area (Å²) in [6, 6.07) is 7.47. The van der Waals surface area contributed by atoms with Crippen LogP contribution in [-0.2, 0) is 13.1 Å². The fourth-order valence-corrected chi connectivity index (χ4v) is 2.89. The van der Waals surface area contributed by atoms with E-state index in [1.54, 1.807) is 18.2 Å². The average Bonchev–Trinajstić information content (AvgIpc) is 3.13. The van der Waals surface area contributed by atoms with E-state index in [-0.39, 0.29) is 6.03 Å². The standard InChI is InChI=1S/C18H25N5O2/c1-21-8-10-23(11-9-21)17-15(5-3-7-19-17)13-20-18(24)22(2)14-16-6-4-12-25-16/h3-7,12H,8-11,13-14H2,1-2H3,(H,20,24). The van der Waals surface area contributed by atoms with Crippen molar-refractivity contribution in [2.24, 2.45) is 0 Å². The Kier molecular flexibility index (Phi) is 5.55. The minimum Gasteiger partial charge on any atom is -0.467 e. The summed E-state index contributed by atoms with van der Waals surface area (Å²) in [4.78, 5) is 23.0. The first kappa shape index (κ1) is 17.3. The molecule has 1 aliphatic rings. The summed E-state index contributed by atoms with van der Waals surface area (Å²) in [5.74, 6) is 1.72. The van der Waals surface area contributed by atoms with Gasteiger partial charge in [-0.15, -0.1) is 0 Å². The summed E-state index contributed by atoms with van der Waals surface area (Å²) in [5.41, 5.74) is 1.03. The molecular weight excluding hydrogens is 318 g/mol. The van der Waals surface area contributed by atoms with Crippen LogP contribution >= 0.6 is 0 Å². The second-order valence-corrected chi connectivity index (χ2v) is 6.37. The van der Waals surface area contributed by atoms with Crippen LogP contribution in [0.15, 0.2) is 41.1 Å². The van der Waals surface area contributed by atoms with Gasteiger partial charge in [0.05, 0.1) is 12.8 Å². The van der Waals surface area contributed by atoms with Gasteiger partial charge in [0.1, 0.15) is 11.6 Å². The molecule has 1 saturated heterocycles. The highest BCUT2D eigenvalue weighted by Gasteiger charge is 2.18. The Morgan fingerprint density at radius 3 is 2.80 bits per heavy atom. The SMILES string of the molecule is CN1CCN(c2ncccc2CNC(=O)N(C)Cc2ccco2)CC1. The largest absolute Gasteiger partial charge is 0.467 e. The van der Waals surface area contributed by atoms with Gasteiger partial charge in [0.2, 0.25) is 0 Å². The Balaban J connectivity index is 1.58. The highest BCUT2D eigenvalue weighted by atomic mass is 16.3. The number of amides is 2. The normalized spacial score (nSPS) is 15.2. The van der Waals surface area contributed by atoms with Crippen molar-refractivity contribution in [1.29, 1.82) is 0 Å². The lowest BCUT2D eigenvalue weighted by atomic mass is 10.2. The van der Waals surface area contributed by atoms with Crippen molar-refractivity contribution < 1.29 is 9.21 Å². The van der Waals surface area contributed by atoms with Gasteiger partial charge >= 0.3 is 6.03 Å². The molecule has 2 amide bonds. The molecule has 0 aromatic carbocycles. The quantitative estimate of drug-likeness (QED) is 0.896. The van der Waals surface area contributed by atoms with Gasteiger partial charge in [-0.05, 0) is 25.2 Å². The van der Waals surface area contributed by atoms with Crippen molar-refractivity contribution >= 4 is 11.8 Å². The zero-order valence-corrected chi connectivity index (χ0v) is 14.8. The molecule has 0 radical (unpaired) electrons. The first-order valence-electron chi connectivity index (χ1n) is 8.52. The number of nitrogens with zero attached hydrogens (tertiary/aromatic N) is 4. The molecule has 3 rings (SSSR count). The number of piperazine rings is 1. The third-order valence-corrected chi connectivity index (χ3v) is 4.42. The molecule has 7 heteroatoms. The molecule has 1 fully saturated rings. The number of carbonyl (C=O) groups is 1. The molecule has 2 aromatic heterocycles. The van der Waals surface area contributed by atoms with Gasteiger partial charge in [0.25, 0.3) is 0 Å². The van der Waals surface area contributed by atoms with Crippen LogP contribution < -0.4 is 10.2 Å². The first-order valence-corrected chi connectivity index (χ1v) is 8.52. The van der Waals surface area contributed by atoms with Crippen LogP contribution in [0.25, 0.3) is 0 Å². The molecule has 0 bridgehead atoms. The lowest BCUT2D eigenvalue weighted by Gasteiger charge is -2.34. The summed E-state index contributed by atoms with van der Waals surface area (Å²) >= 11 is 0. The van der Waals surface area contributed by atoms with E-state index in [0.717, 1.165) is 43.3 Å². The van der Waals surface area contributed by atoms with E-state index in [0.29, 0.717) is 13.1 Å². The van der Waals surface area contributed by atoms with Gasteiger partial charge in [-0.3, -0.25) is 0 Å². The zero-order chi connectivity index (χ0) is 17.6. The monoisotopic (exact) mass is 343 g/mol. The Morgan fingerprint density at radius 1 is 1.28 bits per heavy atom. The van der Waals surface area contributed by atoms with Gasteiger partial charge in [0, 0.05) is 51.5 Å². The number of furan rings is 1. The Bertz CT molecular complexity index is 681. The number of aromatic nitrogens is 1. The average molecular weight is 343 g/mol. The third kappa shape index (κ3) is 4.51. The molecule has 0 atom stereocenters. The molecule has 2 aromatic rings. The lowest BCUT2D eigenvalue weighted by Crippen LogP contribution is -2.45. The molecule has 0 saturated carbocycles. The van der Waals surface area contributed by atoms with Crippen LogP contribution in [0.1, 0.15) is 11.3 Å². The van der Waals surface area contributed by atoms with Gasteiger partial charge in [-0.2, -0.15) is 0 Å². The van der Waals surface area contributed by atoms with Gasteiger partial charge in [-0.1, -0.05) is 6.07 Å². The van der Waals surface area contributed by atoms with E-state index in [9.17, 15) is 4.79 Å². The predicted octanol–water partition coefficient (Wildman–Crippen LogP) is 1.77. The fourth-order valence-electron chi connectivity index (χ4n) is 2.89. The summed E-state index contributed by atoms with van der Waals surface area (Å²) in [7, 11) is 3.88. The van der Waals surface area contributed by atoms with Gasteiger partial charge in [-0.25, -0.2) is 9.78 Å². The van der Waals surface area contributed by atoms with E-state index in [4.69, 9.17) is 4.42 Å². The Labute approximate surface area is 148 Å². The maximum atomic E-state index is 12.3. The minimum atomic E-state index is -0.135. The number of rotatable bonds is 5. The smallest absolute Gasteiger partial charge is 0.317 e. The molecule has 0 aliphatic carbocycles. The van der Waals surface area contributed by atoms with Crippen LogP contribution in [-0.4, -0.2) is 61.1 Å². The summed E-state index contributed by atoms with van der Waals surface area (Å²) in [6.45, 7) is 4.84. The fraction of sp³-hybridized carbons (Fsp3) is 0.444. The van der Waals surface area contributed by atoms with Crippen molar-refractivity contribution in [3.05, 3.63) is 48.0 Å². The second-order valence-electron chi connectivity index (χ2n) is 6.37. The number of pyridine rings is 1. The minimum absolute atomic E-state index is 0.135. The maximum Gasteiger partial charge on any atom is 0.317 e. The number of nitrogens with one attached hydrogen (secondary N) is 1. The Morgan fingerprint density at radius 2 is 2.08 bits per heavy atom. The lowest BCUT2D eigenvalue weighted by molar-refractivity contribution is 0.202. The highest BCUT2D eigenvalue weighted by Crippen LogP contribution is 2.18. The first-order chi connectivity index (χ1) is 12.1. The van der Waals surface area contributed by atoms with Gasteiger partial charge < -0.3 is 24.4 Å². The molecule has 1 N–H and O–H groups in total. The number of likely N-dealkylation sites (N-methyl/N-ethyl adjacent to an activating group) is 1. The van der Waals surface area contributed by atoms with E-state index in [2.05, 4.69) is 27.1 Å². The van der Waals surface area contributed by atoms with E-state index in [1.807, 2.05) is 30.5 Å². The summed E-state index contributed by atoms with van der Waals surface area (Å²) < 4.78 is 5.28. The molecule has 0 spiro atoms. The van der Waals surface area contributed by atoms with Crippen LogP contribution in [0.4, 0.5) is 10.6 Å². The molecule has 1 aliphatic heterocycles. The number of hydrogen-bond donors (Lipinski definition) is 1. The highest BCUT2D eigenvalue weighted by molar-refractivity contribution is 5.74. The van der Waals surface area contributed by atoms with Crippen molar-refractivity contribution in [3.63, 3.8) is 0 Å². The molecule has 0 unspecified atom stereocenters. The topological polar surface area (TPSA) is 64.8 Å². The molecular formula is C18H25N5O2. The van der Waals surface area contributed by atoms with Crippen LogP contribution in [0.2, 0.25) is 0 Å². The van der Waals surface area contributed by atoms with E-state index in [1.165, 1.54) is 0 Å². The second kappa shape index (κ2) is 8.02. The van der Waals surface area contributed by atoms with Crippen LogP contribution in [0.3, 0.4) is 0 Å². The van der Waals surface area contributed by atoms with E-state index < -0.39 is 0 Å². The molecule has 7 nitrogen and oxygen atoms in total. The van der Waals surface area contributed by atoms with Gasteiger partial charge in [0.15, 0.2) is 0 Å². The molecule has 25 heavy (non-hydrogen) atoms. The number of carbonyl (C=O) groups excluding carboxylic acids is 1. The number of anilines is 1. The molecule has 3 heterocycles. The number of urea groups is 1.